The largest absolute Gasteiger partial charge is 0.507 e. The Kier molecular flexibility index (Phi) is 4.94. The predicted molar refractivity (Wildman–Crippen MR) is 109 cm³/mol. The van der Waals surface area contributed by atoms with Gasteiger partial charge in [0.1, 0.15) is 16.3 Å². The maximum absolute atomic E-state index is 12.3. The number of anilines is 1. The molecule has 0 saturated carbocycles. The number of phenolic OH excluding ortho intramolecular Hbond substituents is 1. The van der Waals surface area contributed by atoms with Gasteiger partial charge in [0.15, 0.2) is 6.61 Å². The van der Waals surface area contributed by atoms with Gasteiger partial charge < -0.3 is 20.9 Å². The average molecular weight is 410 g/mol. The molecule has 0 bridgehead atoms. The minimum Gasteiger partial charge on any atom is -0.507 e. The Morgan fingerprint density at radius 2 is 1.86 bits per heavy atom. The fraction of sp³-hybridized carbons (Fsp3) is 0.190. The highest BCUT2D eigenvalue weighted by atomic mass is 32.1. The molecule has 8 heteroatoms. The summed E-state index contributed by atoms with van der Waals surface area (Å²) in [6, 6.07) is 10.2. The van der Waals surface area contributed by atoms with E-state index in [9.17, 15) is 19.5 Å². The molecule has 29 heavy (non-hydrogen) atoms. The van der Waals surface area contributed by atoms with E-state index in [0.29, 0.717) is 10.6 Å². The minimum absolute atomic E-state index is 0.0237. The van der Waals surface area contributed by atoms with E-state index in [-0.39, 0.29) is 11.3 Å². The Bertz CT molecular complexity index is 1150. The summed E-state index contributed by atoms with van der Waals surface area (Å²) < 4.78 is 5.05. The van der Waals surface area contributed by atoms with Crippen LogP contribution in [0.1, 0.15) is 37.6 Å². The number of hydrogen-bond donors (Lipinski definition) is 3. The van der Waals surface area contributed by atoms with Gasteiger partial charge in [0.2, 0.25) is 0 Å². The number of primary amides is 1. The van der Waals surface area contributed by atoms with Crippen LogP contribution < -0.4 is 11.1 Å². The van der Waals surface area contributed by atoms with Gasteiger partial charge in [-0.1, -0.05) is 24.3 Å². The van der Waals surface area contributed by atoms with E-state index in [1.54, 1.807) is 6.07 Å². The van der Waals surface area contributed by atoms with Gasteiger partial charge in [-0.2, -0.15) is 0 Å². The number of nitrogens with two attached hydrogens (primary N) is 1. The van der Waals surface area contributed by atoms with E-state index in [1.165, 1.54) is 23.5 Å². The lowest BCUT2D eigenvalue weighted by Gasteiger charge is -2.09. The fourth-order valence-electron chi connectivity index (χ4n) is 3.52. The zero-order chi connectivity index (χ0) is 20.5. The maximum Gasteiger partial charge on any atom is 0.342 e. The monoisotopic (exact) mass is 410 g/mol. The molecule has 0 unspecified atom stereocenters. The topological polar surface area (TPSA) is 119 Å². The number of carbonyl (C=O) groups excluding carboxylic acids is 3. The van der Waals surface area contributed by atoms with Crippen molar-refractivity contribution in [2.45, 2.75) is 19.3 Å². The van der Waals surface area contributed by atoms with Crippen molar-refractivity contribution in [3.8, 4) is 5.75 Å². The quantitative estimate of drug-likeness (QED) is 0.559. The van der Waals surface area contributed by atoms with Crippen LogP contribution in [0, 0.1) is 0 Å². The molecule has 148 valence electrons. The van der Waals surface area contributed by atoms with Crippen LogP contribution in [0.5, 0.6) is 5.75 Å². The summed E-state index contributed by atoms with van der Waals surface area (Å²) in [5, 5.41) is 14.6. The van der Waals surface area contributed by atoms with E-state index in [2.05, 4.69) is 5.32 Å². The molecule has 0 aliphatic heterocycles. The molecule has 0 spiro atoms. The molecule has 0 atom stereocenters. The number of benzene rings is 2. The van der Waals surface area contributed by atoms with Gasteiger partial charge >= 0.3 is 5.97 Å². The molecule has 0 saturated heterocycles. The number of hydrogen-bond acceptors (Lipinski definition) is 6. The van der Waals surface area contributed by atoms with Gasteiger partial charge in [-0.05, 0) is 47.7 Å². The van der Waals surface area contributed by atoms with Crippen LogP contribution in [0.4, 0.5) is 5.00 Å². The summed E-state index contributed by atoms with van der Waals surface area (Å²) in [4.78, 5) is 37.4. The van der Waals surface area contributed by atoms with Crippen molar-refractivity contribution in [1.82, 2.24) is 0 Å². The Labute approximate surface area is 170 Å². The summed E-state index contributed by atoms with van der Waals surface area (Å²) >= 11 is 1.33. The van der Waals surface area contributed by atoms with Crippen molar-refractivity contribution in [3.63, 3.8) is 0 Å². The van der Waals surface area contributed by atoms with Crippen molar-refractivity contribution >= 4 is 44.9 Å². The zero-order valence-electron chi connectivity index (χ0n) is 15.4. The number of aryl methyl sites for hydroxylation is 1. The van der Waals surface area contributed by atoms with Gasteiger partial charge in [0.25, 0.3) is 11.8 Å². The number of aromatic hydroxyl groups is 1. The van der Waals surface area contributed by atoms with Crippen molar-refractivity contribution < 1.29 is 24.2 Å². The number of fused-ring (bicyclic) bond motifs is 2. The first-order valence-electron chi connectivity index (χ1n) is 9.07. The third kappa shape index (κ3) is 3.66. The minimum atomic E-state index is -0.813. The highest BCUT2D eigenvalue weighted by Gasteiger charge is 2.26. The molecule has 0 radical (unpaired) electrons. The van der Waals surface area contributed by atoms with Crippen LogP contribution in [-0.4, -0.2) is 29.5 Å². The van der Waals surface area contributed by atoms with Gasteiger partial charge in [-0.15, -0.1) is 11.3 Å². The highest BCUT2D eigenvalue weighted by molar-refractivity contribution is 7.17. The highest BCUT2D eigenvalue weighted by Crippen LogP contribution is 2.38. The Balaban J connectivity index is 1.45. The molecule has 1 aliphatic rings. The molecular formula is C21H18N2O5S. The summed E-state index contributed by atoms with van der Waals surface area (Å²) in [5.74, 6) is -2.20. The normalized spacial score (nSPS) is 12.6. The van der Waals surface area contributed by atoms with Crippen molar-refractivity contribution in [1.29, 1.82) is 0 Å². The van der Waals surface area contributed by atoms with Crippen molar-refractivity contribution in [2.24, 2.45) is 5.73 Å². The number of ether oxygens (including phenoxy) is 1. The second-order valence-electron chi connectivity index (χ2n) is 6.77. The lowest BCUT2D eigenvalue weighted by Crippen LogP contribution is -2.22. The number of thiophene rings is 1. The Morgan fingerprint density at radius 3 is 2.59 bits per heavy atom. The zero-order valence-corrected chi connectivity index (χ0v) is 16.2. The summed E-state index contributed by atoms with van der Waals surface area (Å²) in [6.45, 7) is -0.550. The number of carbonyl (C=O) groups is 3. The summed E-state index contributed by atoms with van der Waals surface area (Å²) in [7, 11) is 0. The third-order valence-electron chi connectivity index (χ3n) is 4.84. The Morgan fingerprint density at radius 1 is 1.14 bits per heavy atom. The van der Waals surface area contributed by atoms with Crippen LogP contribution in [0.25, 0.3) is 10.8 Å². The SMILES string of the molecule is NC(=O)c1c(NC(=O)COC(=O)c2cc3ccccc3cc2O)sc2c1CCC2. The van der Waals surface area contributed by atoms with E-state index < -0.39 is 24.4 Å². The lowest BCUT2D eigenvalue weighted by molar-refractivity contribution is -0.119. The number of amides is 2. The first-order valence-corrected chi connectivity index (χ1v) is 9.88. The van der Waals surface area contributed by atoms with E-state index in [4.69, 9.17) is 10.5 Å². The molecule has 4 N–H and O–H groups in total. The van der Waals surface area contributed by atoms with Crippen LogP contribution in [-0.2, 0) is 22.4 Å². The smallest absolute Gasteiger partial charge is 0.342 e. The van der Waals surface area contributed by atoms with Crippen LogP contribution in [0.15, 0.2) is 36.4 Å². The second-order valence-corrected chi connectivity index (χ2v) is 7.87. The molecule has 3 aromatic rings. The number of phenols is 1. The summed E-state index contributed by atoms with van der Waals surface area (Å²) in [6.07, 6.45) is 2.57. The van der Waals surface area contributed by atoms with Gasteiger partial charge in [0.05, 0.1) is 5.56 Å². The van der Waals surface area contributed by atoms with E-state index >= 15 is 0 Å². The molecule has 2 amide bonds. The molecular weight excluding hydrogens is 392 g/mol. The third-order valence-corrected chi connectivity index (χ3v) is 6.05. The van der Waals surface area contributed by atoms with Crippen LogP contribution >= 0.6 is 11.3 Å². The van der Waals surface area contributed by atoms with Crippen molar-refractivity contribution in [2.75, 3.05) is 11.9 Å². The molecule has 1 heterocycles. The predicted octanol–water partition coefficient (Wildman–Crippen LogP) is 2.99. The summed E-state index contributed by atoms with van der Waals surface area (Å²) in [5.41, 5.74) is 6.69. The molecule has 2 aromatic carbocycles. The first kappa shape index (κ1) is 18.9. The van der Waals surface area contributed by atoms with E-state index in [0.717, 1.165) is 40.5 Å². The first-order chi connectivity index (χ1) is 13.9. The van der Waals surface area contributed by atoms with Crippen molar-refractivity contribution in [3.05, 3.63) is 58.0 Å². The number of nitrogens with one attached hydrogen (secondary N) is 1. The molecule has 4 rings (SSSR count). The van der Waals surface area contributed by atoms with E-state index in [1.807, 2.05) is 18.2 Å². The number of rotatable bonds is 5. The molecule has 0 fully saturated rings. The molecule has 1 aromatic heterocycles. The molecule has 1 aliphatic carbocycles. The standard InChI is InChI=1S/C21H18N2O5S/c22-19(26)18-13-6-3-7-16(13)29-20(18)23-17(25)10-28-21(27)14-8-11-4-1-2-5-12(11)9-15(14)24/h1-2,4-5,8-9,24H,3,6-7,10H2,(H2,22,26)(H,23,25). The van der Waals surface area contributed by atoms with Gasteiger partial charge in [0, 0.05) is 4.88 Å². The lowest BCUT2D eigenvalue weighted by atomic mass is 10.1. The van der Waals surface area contributed by atoms with Gasteiger partial charge in [-0.3, -0.25) is 9.59 Å². The maximum atomic E-state index is 12.3. The second kappa shape index (κ2) is 7.56. The Hall–Kier alpha value is -3.39. The fourth-order valence-corrected chi connectivity index (χ4v) is 4.83. The molecule has 7 nitrogen and oxygen atoms in total. The number of esters is 1. The average Bonchev–Trinajstić information content (AvgIpc) is 3.25. The van der Waals surface area contributed by atoms with Gasteiger partial charge in [-0.25, -0.2) is 4.79 Å². The van der Waals surface area contributed by atoms with Crippen LogP contribution in [0.2, 0.25) is 0 Å². The van der Waals surface area contributed by atoms with Crippen LogP contribution in [0.3, 0.4) is 0 Å².